The van der Waals surface area contributed by atoms with Crippen molar-refractivity contribution in [2.75, 3.05) is 0 Å². The highest BCUT2D eigenvalue weighted by Crippen LogP contribution is 2.39. The number of carboxylic acid groups (broad SMARTS) is 1. The number of benzene rings is 2. The van der Waals surface area contributed by atoms with Crippen LogP contribution in [-0.4, -0.2) is 20.5 Å². The van der Waals surface area contributed by atoms with E-state index in [0.717, 1.165) is 26.8 Å². The van der Waals surface area contributed by atoms with Crippen LogP contribution in [0.25, 0.3) is 26.4 Å². The van der Waals surface area contributed by atoms with Crippen molar-refractivity contribution < 1.29 is 23.1 Å². The van der Waals surface area contributed by atoms with E-state index in [1.165, 1.54) is 17.5 Å². The van der Waals surface area contributed by atoms with Crippen LogP contribution in [0.1, 0.15) is 15.9 Å². The Hall–Kier alpha value is -2.39. The van der Waals surface area contributed by atoms with Gasteiger partial charge in [-0.2, -0.15) is 13.2 Å². The molecular weight excluding hydrogens is 433 g/mol. The zero-order valence-corrected chi connectivity index (χ0v) is 15.1. The lowest BCUT2D eigenvalue weighted by molar-refractivity contribution is -0.137. The number of nitrogens with zero attached hydrogens (tertiary/aromatic N) is 2. The summed E-state index contributed by atoms with van der Waals surface area (Å²) in [5.74, 6) is -1.41. The maximum Gasteiger partial charge on any atom is 0.417 e. The van der Waals surface area contributed by atoms with Gasteiger partial charge in [0.15, 0.2) is 4.96 Å². The van der Waals surface area contributed by atoms with Crippen LogP contribution in [0.15, 0.2) is 47.1 Å². The van der Waals surface area contributed by atoms with Gasteiger partial charge in [-0.05, 0) is 30.3 Å². The van der Waals surface area contributed by atoms with Crippen LogP contribution in [0, 0.1) is 0 Å². The molecule has 1 N–H and O–H groups in total. The van der Waals surface area contributed by atoms with Gasteiger partial charge < -0.3 is 5.11 Å². The largest absolute Gasteiger partial charge is 0.478 e. The minimum absolute atomic E-state index is 0.144. The molecule has 0 fully saturated rings. The maximum atomic E-state index is 13.4. The van der Waals surface area contributed by atoms with Crippen molar-refractivity contribution in [3.63, 3.8) is 0 Å². The molecule has 4 rings (SSSR count). The van der Waals surface area contributed by atoms with E-state index in [0.29, 0.717) is 11.0 Å². The van der Waals surface area contributed by atoms with E-state index >= 15 is 0 Å². The lowest BCUT2D eigenvalue weighted by Gasteiger charge is -2.12. The Balaban J connectivity index is 1.93. The van der Waals surface area contributed by atoms with Crippen molar-refractivity contribution in [3.05, 3.63) is 58.2 Å². The summed E-state index contributed by atoms with van der Waals surface area (Å²) >= 11 is 4.74. The number of carbonyl (C=O) groups is 1. The van der Waals surface area contributed by atoms with Gasteiger partial charge >= 0.3 is 12.1 Å². The quantitative estimate of drug-likeness (QED) is 0.435. The number of carboxylic acids is 1. The Morgan fingerprint density at radius 2 is 1.96 bits per heavy atom. The van der Waals surface area contributed by atoms with Crippen molar-refractivity contribution in [3.8, 4) is 11.3 Å². The fraction of sp³-hybridized carbons (Fsp3) is 0.0588. The second-order valence-corrected chi connectivity index (χ2v) is 7.48. The second kappa shape index (κ2) is 5.82. The van der Waals surface area contributed by atoms with E-state index in [-0.39, 0.29) is 11.3 Å². The molecule has 0 aliphatic carbocycles. The summed E-state index contributed by atoms with van der Waals surface area (Å²) in [6.45, 7) is 0. The number of hydrogen-bond acceptors (Lipinski definition) is 3. The van der Waals surface area contributed by atoms with E-state index < -0.39 is 23.3 Å². The first-order valence-corrected chi connectivity index (χ1v) is 8.87. The van der Waals surface area contributed by atoms with Gasteiger partial charge in [0, 0.05) is 16.2 Å². The predicted molar refractivity (Wildman–Crippen MR) is 95.7 cm³/mol. The average molecular weight is 441 g/mol. The summed E-state index contributed by atoms with van der Waals surface area (Å²) in [5, 5.41) is 8.97. The number of thiazole rings is 1. The molecule has 2 heterocycles. The van der Waals surface area contributed by atoms with E-state index in [2.05, 4.69) is 20.9 Å². The fourth-order valence-corrected chi connectivity index (χ4v) is 4.30. The minimum atomic E-state index is -4.69. The topological polar surface area (TPSA) is 54.6 Å². The lowest BCUT2D eigenvalue weighted by atomic mass is 10.0. The first-order chi connectivity index (χ1) is 12.2. The zero-order valence-electron chi connectivity index (χ0n) is 12.7. The molecule has 0 radical (unpaired) electrons. The van der Waals surface area contributed by atoms with Crippen LogP contribution < -0.4 is 0 Å². The van der Waals surface area contributed by atoms with E-state index in [4.69, 9.17) is 5.11 Å². The molecule has 0 bridgehead atoms. The Morgan fingerprint density at radius 3 is 2.65 bits per heavy atom. The van der Waals surface area contributed by atoms with Crippen molar-refractivity contribution in [1.82, 2.24) is 9.38 Å². The molecule has 2 aromatic carbocycles. The molecule has 132 valence electrons. The molecule has 0 aliphatic rings. The number of hydrogen-bond donors (Lipinski definition) is 1. The fourth-order valence-electron chi connectivity index (χ4n) is 2.74. The third kappa shape index (κ3) is 2.77. The van der Waals surface area contributed by atoms with Crippen LogP contribution in [0.3, 0.4) is 0 Å². The molecule has 9 heteroatoms. The van der Waals surface area contributed by atoms with E-state index in [1.54, 1.807) is 4.40 Å². The minimum Gasteiger partial charge on any atom is -0.478 e. The average Bonchev–Trinajstić information content (AvgIpc) is 3.10. The maximum absolute atomic E-state index is 13.4. The number of rotatable bonds is 2. The Labute approximate surface area is 156 Å². The van der Waals surface area contributed by atoms with E-state index in [9.17, 15) is 18.0 Å². The van der Waals surface area contributed by atoms with Crippen LogP contribution in [0.5, 0.6) is 0 Å². The predicted octanol–water partition coefficient (Wildman–Crippen LogP) is 5.70. The zero-order chi connectivity index (χ0) is 18.6. The number of aromatic nitrogens is 2. The van der Waals surface area contributed by atoms with Gasteiger partial charge in [-0.15, -0.1) is 0 Å². The van der Waals surface area contributed by atoms with Crippen LogP contribution in [0.4, 0.5) is 13.2 Å². The van der Waals surface area contributed by atoms with Crippen molar-refractivity contribution >= 4 is 48.4 Å². The van der Waals surface area contributed by atoms with Gasteiger partial charge in [0.2, 0.25) is 0 Å². The summed E-state index contributed by atoms with van der Waals surface area (Å²) in [5.41, 5.74) is -0.607. The highest BCUT2D eigenvalue weighted by Gasteiger charge is 2.35. The molecule has 0 saturated carbocycles. The lowest BCUT2D eigenvalue weighted by Crippen LogP contribution is -2.09. The number of alkyl halides is 3. The van der Waals surface area contributed by atoms with Crippen molar-refractivity contribution in [2.45, 2.75) is 6.18 Å². The SMILES string of the molecule is O=C(O)c1ccc(-c2cn3c(n2)sc2cc(Br)ccc23)c(C(F)(F)F)c1. The molecule has 26 heavy (non-hydrogen) atoms. The third-order valence-electron chi connectivity index (χ3n) is 3.90. The standard InChI is InChI=1S/C17H8BrF3N2O2S/c18-9-2-4-13-14(6-9)26-16-22-12(7-23(13)16)10-3-1-8(15(24)25)5-11(10)17(19,20)21/h1-7H,(H,24,25). The van der Waals surface area contributed by atoms with Gasteiger partial charge in [0.25, 0.3) is 0 Å². The second-order valence-electron chi connectivity index (χ2n) is 5.56. The van der Waals surface area contributed by atoms with Gasteiger partial charge in [-0.1, -0.05) is 33.3 Å². The molecule has 0 atom stereocenters. The molecule has 4 nitrogen and oxygen atoms in total. The molecule has 4 aromatic rings. The van der Waals surface area contributed by atoms with Gasteiger partial charge in [0.05, 0.1) is 27.0 Å². The van der Waals surface area contributed by atoms with Crippen molar-refractivity contribution in [1.29, 1.82) is 0 Å². The number of fused-ring (bicyclic) bond motifs is 3. The van der Waals surface area contributed by atoms with Crippen LogP contribution in [-0.2, 0) is 6.18 Å². The number of imidazole rings is 1. The third-order valence-corrected chi connectivity index (χ3v) is 5.41. The molecule has 0 spiro atoms. The first-order valence-electron chi connectivity index (χ1n) is 7.26. The summed E-state index contributed by atoms with van der Waals surface area (Å²) in [6, 6.07) is 8.55. The van der Waals surface area contributed by atoms with Gasteiger partial charge in [0.1, 0.15) is 0 Å². The van der Waals surface area contributed by atoms with Gasteiger partial charge in [-0.3, -0.25) is 4.40 Å². The highest BCUT2D eigenvalue weighted by atomic mass is 79.9. The summed E-state index contributed by atoms with van der Waals surface area (Å²) in [7, 11) is 0. The first kappa shape index (κ1) is 17.0. The summed E-state index contributed by atoms with van der Waals surface area (Å²) < 4.78 is 43.9. The Bertz CT molecular complexity index is 1180. The highest BCUT2D eigenvalue weighted by molar-refractivity contribution is 9.10. The van der Waals surface area contributed by atoms with Crippen LogP contribution >= 0.6 is 27.3 Å². The monoisotopic (exact) mass is 440 g/mol. The summed E-state index contributed by atoms with van der Waals surface area (Å²) in [4.78, 5) is 15.9. The smallest absolute Gasteiger partial charge is 0.417 e. The normalized spacial score (nSPS) is 12.2. The molecular formula is C17H8BrF3N2O2S. The molecule has 0 unspecified atom stereocenters. The number of halogens is 4. The molecule has 0 amide bonds. The molecule has 0 aliphatic heterocycles. The Morgan fingerprint density at radius 1 is 1.19 bits per heavy atom. The molecule has 2 aromatic heterocycles. The van der Waals surface area contributed by atoms with Crippen LogP contribution in [0.2, 0.25) is 0 Å². The van der Waals surface area contributed by atoms with E-state index in [1.807, 2.05) is 18.2 Å². The summed E-state index contributed by atoms with van der Waals surface area (Å²) in [6.07, 6.45) is -3.15. The number of aromatic carboxylic acids is 1. The van der Waals surface area contributed by atoms with Crippen molar-refractivity contribution in [2.24, 2.45) is 0 Å². The molecule has 0 saturated heterocycles. The Kier molecular flexibility index (Phi) is 3.81. The van der Waals surface area contributed by atoms with Gasteiger partial charge in [-0.25, -0.2) is 9.78 Å².